The van der Waals surface area contributed by atoms with E-state index in [0.717, 1.165) is 32.1 Å². The first-order valence-corrected chi connectivity index (χ1v) is 10.2. The lowest BCUT2D eigenvalue weighted by Gasteiger charge is -2.34. The van der Waals surface area contributed by atoms with Crippen LogP contribution in [0, 0.1) is 12.7 Å². The second-order valence-corrected chi connectivity index (χ2v) is 8.52. The fraction of sp³-hybridized carbons (Fsp3) is 0.333. The van der Waals surface area contributed by atoms with E-state index in [9.17, 15) is 14.7 Å². The summed E-state index contributed by atoms with van der Waals surface area (Å²) >= 11 is 0. The number of hydrogen-bond acceptors (Lipinski definition) is 3. The summed E-state index contributed by atoms with van der Waals surface area (Å²) in [6.07, 6.45) is 6.29. The molecule has 0 atom stereocenters. The van der Waals surface area contributed by atoms with Gasteiger partial charge in [0.1, 0.15) is 17.1 Å². The number of rotatable bonds is 3. The number of amides is 1. The Kier molecular flexibility index (Phi) is 4.88. The van der Waals surface area contributed by atoms with Crippen molar-refractivity contribution in [3.8, 4) is 11.4 Å². The largest absolute Gasteiger partial charge is 0.508 e. The molecule has 0 unspecified atom stereocenters. The highest BCUT2D eigenvalue weighted by Crippen LogP contribution is 2.43. The highest BCUT2D eigenvalue weighted by atomic mass is 19.1. The first-order valence-electron chi connectivity index (χ1n) is 10.2. The molecule has 0 radical (unpaired) electrons. The average Bonchev–Trinajstić information content (AvgIpc) is 2.70. The predicted octanol–water partition coefficient (Wildman–Crippen LogP) is 4.46. The van der Waals surface area contributed by atoms with Gasteiger partial charge >= 0.3 is 0 Å². The fourth-order valence-electron chi connectivity index (χ4n) is 4.74. The number of nitrogens with zero attached hydrogens (tertiary/aromatic N) is 1. The van der Waals surface area contributed by atoms with Crippen molar-refractivity contribution in [1.82, 2.24) is 4.57 Å². The summed E-state index contributed by atoms with van der Waals surface area (Å²) in [4.78, 5) is 24.7. The molecule has 3 aromatic rings. The molecule has 3 N–H and O–H groups in total. The summed E-state index contributed by atoms with van der Waals surface area (Å²) in [6.45, 7) is 3.81. The molecule has 1 fully saturated rings. The molecule has 1 amide bonds. The minimum absolute atomic E-state index is 0.0101. The molecule has 1 aromatic heterocycles. The zero-order chi connectivity index (χ0) is 21.6. The minimum Gasteiger partial charge on any atom is -0.508 e. The Morgan fingerprint density at radius 2 is 1.90 bits per heavy atom. The number of halogens is 1. The number of phenolic OH excluding ortho intramolecular Hbond substituents is 1. The van der Waals surface area contributed by atoms with Gasteiger partial charge in [-0.3, -0.25) is 9.59 Å². The maximum absolute atomic E-state index is 15.4. The average molecular weight is 408 g/mol. The van der Waals surface area contributed by atoms with E-state index in [0.29, 0.717) is 22.0 Å². The molecule has 1 heterocycles. The molecular formula is C24H25FN2O3. The maximum Gasteiger partial charge on any atom is 0.254 e. The van der Waals surface area contributed by atoms with Gasteiger partial charge in [-0.15, -0.1) is 0 Å². The van der Waals surface area contributed by atoms with E-state index in [1.54, 1.807) is 25.1 Å². The lowest BCUT2D eigenvalue weighted by molar-refractivity contribution is 0.0999. The number of primary amides is 1. The lowest BCUT2D eigenvalue weighted by atomic mass is 9.70. The molecule has 0 bridgehead atoms. The zero-order valence-electron chi connectivity index (χ0n) is 17.2. The van der Waals surface area contributed by atoms with Gasteiger partial charge in [-0.25, -0.2) is 4.39 Å². The molecule has 0 saturated heterocycles. The van der Waals surface area contributed by atoms with Crippen LogP contribution in [0.5, 0.6) is 5.75 Å². The highest BCUT2D eigenvalue weighted by molar-refractivity contribution is 5.97. The Labute approximate surface area is 174 Å². The van der Waals surface area contributed by atoms with Gasteiger partial charge in [0, 0.05) is 23.2 Å². The second kappa shape index (κ2) is 7.27. The third-order valence-electron chi connectivity index (χ3n) is 6.44. The Morgan fingerprint density at radius 3 is 2.57 bits per heavy atom. The van der Waals surface area contributed by atoms with Gasteiger partial charge in [0.15, 0.2) is 0 Å². The Bertz CT molecular complexity index is 1220. The molecule has 0 aliphatic heterocycles. The molecule has 30 heavy (non-hydrogen) atoms. The molecule has 6 heteroatoms. The van der Waals surface area contributed by atoms with Crippen molar-refractivity contribution in [2.24, 2.45) is 5.73 Å². The number of benzene rings is 2. The van der Waals surface area contributed by atoms with Crippen LogP contribution in [0.15, 0.2) is 41.3 Å². The van der Waals surface area contributed by atoms with Gasteiger partial charge < -0.3 is 15.4 Å². The number of pyridine rings is 1. The van der Waals surface area contributed by atoms with Crippen molar-refractivity contribution in [1.29, 1.82) is 0 Å². The van der Waals surface area contributed by atoms with Crippen LogP contribution in [0.25, 0.3) is 16.6 Å². The predicted molar refractivity (Wildman–Crippen MR) is 115 cm³/mol. The van der Waals surface area contributed by atoms with E-state index in [1.165, 1.54) is 22.9 Å². The number of aromatic nitrogens is 1. The topological polar surface area (TPSA) is 85.3 Å². The van der Waals surface area contributed by atoms with Crippen LogP contribution in [-0.2, 0) is 5.41 Å². The van der Waals surface area contributed by atoms with Crippen LogP contribution in [0.2, 0.25) is 0 Å². The van der Waals surface area contributed by atoms with E-state index in [4.69, 9.17) is 5.73 Å². The summed E-state index contributed by atoms with van der Waals surface area (Å²) in [6, 6.07) is 7.95. The van der Waals surface area contributed by atoms with Crippen molar-refractivity contribution < 1.29 is 14.3 Å². The number of nitrogens with two attached hydrogens (primary N) is 1. The van der Waals surface area contributed by atoms with E-state index in [1.807, 2.05) is 0 Å². The van der Waals surface area contributed by atoms with E-state index in [-0.39, 0.29) is 22.4 Å². The quantitative estimate of drug-likeness (QED) is 0.671. The van der Waals surface area contributed by atoms with Gasteiger partial charge in [0.25, 0.3) is 5.91 Å². The van der Waals surface area contributed by atoms with Gasteiger partial charge in [-0.2, -0.15) is 0 Å². The summed E-state index contributed by atoms with van der Waals surface area (Å²) in [7, 11) is 0. The number of carbonyl (C=O) groups is 1. The minimum atomic E-state index is -0.880. The SMILES string of the molecule is Cc1cccc2c1c(=O)c(C(N)=O)cn2-c1cc(O)c(C2(C)CCCCC2)cc1F. The number of carbonyl (C=O) groups excluding carboxylic acids is 1. The highest BCUT2D eigenvalue weighted by Gasteiger charge is 2.32. The van der Waals surface area contributed by atoms with E-state index in [2.05, 4.69) is 6.92 Å². The molecule has 2 aromatic carbocycles. The lowest BCUT2D eigenvalue weighted by Crippen LogP contribution is -2.26. The smallest absolute Gasteiger partial charge is 0.254 e. The molecule has 4 rings (SSSR count). The van der Waals surface area contributed by atoms with Gasteiger partial charge in [0.2, 0.25) is 5.43 Å². The number of fused-ring (bicyclic) bond motifs is 1. The first-order chi connectivity index (χ1) is 14.2. The molecule has 156 valence electrons. The Morgan fingerprint density at radius 1 is 1.20 bits per heavy atom. The summed E-state index contributed by atoms with van der Waals surface area (Å²) in [5, 5.41) is 11.1. The van der Waals surface area contributed by atoms with Crippen molar-refractivity contribution in [3.05, 3.63) is 69.3 Å². The van der Waals surface area contributed by atoms with Crippen molar-refractivity contribution in [3.63, 3.8) is 0 Å². The van der Waals surface area contributed by atoms with Crippen LogP contribution < -0.4 is 11.2 Å². The van der Waals surface area contributed by atoms with Gasteiger partial charge in [-0.1, -0.05) is 38.3 Å². The zero-order valence-corrected chi connectivity index (χ0v) is 17.2. The standard InChI is InChI=1S/C24H25FN2O3/c1-14-7-6-8-18-21(14)22(29)15(23(26)30)13-27(18)19-12-20(28)16(11-17(19)25)24(2)9-4-3-5-10-24/h6-8,11-13,28H,3-5,9-10H2,1-2H3,(H2,26,30). The van der Waals surface area contributed by atoms with E-state index < -0.39 is 17.2 Å². The molecule has 1 saturated carbocycles. The number of phenols is 1. The number of aromatic hydroxyl groups is 1. The third-order valence-corrected chi connectivity index (χ3v) is 6.44. The van der Waals surface area contributed by atoms with Crippen LogP contribution in [0.4, 0.5) is 4.39 Å². The second-order valence-electron chi connectivity index (χ2n) is 8.52. The van der Waals surface area contributed by atoms with Crippen LogP contribution in [0.1, 0.15) is 60.5 Å². The Hall–Kier alpha value is -3.15. The van der Waals surface area contributed by atoms with Crippen molar-refractivity contribution in [2.75, 3.05) is 0 Å². The third kappa shape index (κ3) is 3.16. The van der Waals surface area contributed by atoms with Crippen molar-refractivity contribution in [2.45, 2.75) is 51.4 Å². The first kappa shape index (κ1) is 20.1. The Balaban J connectivity index is 1.98. The maximum atomic E-state index is 15.4. The van der Waals surface area contributed by atoms with Crippen LogP contribution in [-0.4, -0.2) is 15.6 Å². The molecular weight excluding hydrogens is 383 g/mol. The normalized spacial score (nSPS) is 16.0. The monoisotopic (exact) mass is 408 g/mol. The number of aryl methyl sites for hydroxylation is 1. The van der Waals surface area contributed by atoms with Gasteiger partial charge in [-0.05, 0) is 42.9 Å². The number of hydrogen-bond donors (Lipinski definition) is 2. The molecule has 1 aliphatic rings. The summed E-state index contributed by atoms with van der Waals surface area (Å²) < 4.78 is 16.8. The van der Waals surface area contributed by atoms with Crippen LogP contribution in [0.3, 0.4) is 0 Å². The van der Waals surface area contributed by atoms with Crippen LogP contribution >= 0.6 is 0 Å². The fourth-order valence-corrected chi connectivity index (χ4v) is 4.74. The molecule has 5 nitrogen and oxygen atoms in total. The summed E-state index contributed by atoms with van der Waals surface area (Å²) in [5.74, 6) is -1.40. The van der Waals surface area contributed by atoms with Gasteiger partial charge in [0.05, 0.1) is 11.2 Å². The van der Waals surface area contributed by atoms with Crippen molar-refractivity contribution >= 4 is 16.8 Å². The summed E-state index contributed by atoms with van der Waals surface area (Å²) in [5.41, 5.74) is 6.20. The van der Waals surface area contributed by atoms with E-state index >= 15 is 4.39 Å². The molecule has 0 spiro atoms. The molecule has 1 aliphatic carbocycles.